The summed E-state index contributed by atoms with van der Waals surface area (Å²) in [5.41, 5.74) is 1.48. The number of nitrogens with zero attached hydrogens (tertiary/aromatic N) is 3. The predicted octanol–water partition coefficient (Wildman–Crippen LogP) is 2.83. The number of pyridine rings is 1. The average molecular weight is 348 g/mol. The Balaban J connectivity index is 2.17. The highest BCUT2D eigenvalue weighted by atomic mass is 35.5. The van der Waals surface area contributed by atoms with Gasteiger partial charge in [0.15, 0.2) is 0 Å². The smallest absolute Gasteiger partial charge is 0.255 e. The Morgan fingerprint density at radius 2 is 2.04 bits per heavy atom. The second kappa shape index (κ2) is 8.66. The fraction of sp³-hybridized carbons (Fsp3) is 0.333. The number of carbonyl (C=O) groups is 1. The van der Waals surface area contributed by atoms with E-state index in [1.54, 1.807) is 23.2 Å². The van der Waals surface area contributed by atoms with Crippen LogP contribution in [0.5, 0.6) is 0 Å². The standard InChI is InChI=1S/C18H22ClN3O2/c1-21(2)17-8-7-15(12-20-17)18(24)22(9-4-10-23)13-14-5-3-6-16(19)11-14/h3,5-8,11-12,23H,4,9-10,13H2,1-2H3. The summed E-state index contributed by atoms with van der Waals surface area (Å²) < 4.78 is 0. The molecule has 1 amide bonds. The lowest BCUT2D eigenvalue weighted by molar-refractivity contribution is 0.0731. The largest absolute Gasteiger partial charge is 0.396 e. The molecule has 0 saturated heterocycles. The van der Waals surface area contributed by atoms with Crippen LogP contribution < -0.4 is 4.90 Å². The number of benzene rings is 1. The molecule has 1 aromatic carbocycles. The van der Waals surface area contributed by atoms with Gasteiger partial charge in [0.25, 0.3) is 5.91 Å². The molecule has 0 aliphatic heterocycles. The molecule has 0 saturated carbocycles. The molecule has 2 rings (SSSR count). The SMILES string of the molecule is CN(C)c1ccc(C(=O)N(CCCO)Cc2cccc(Cl)c2)cn1. The molecule has 0 unspecified atom stereocenters. The molecule has 0 bridgehead atoms. The molecular formula is C18H22ClN3O2. The number of halogens is 1. The lowest BCUT2D eigenvalue weighted by Gasteiger charge is -2.23. The number of hydrogen-bond acceptors (Lipinski definition) is 4. The van der Waals surface area contributed by atoms with Gasteiger partial charge in [0.2, 0.25) is 0 Å². The van der Waals surface area contributed by atoms with Crippen LogP contribution in [0.3, 0.4) is 0 Å². The van der Waals surface area contributed by atoms with Gasteiger partial charge in [0.1, 0.15) is 5.82 Å². The van der Waals surface area contributed by atoms with Crippen LogP contribution in [0.1, 0.15) is 22.3 Å². The van der Waals surface area contributed by atoms with E-state index in [1.807, 2.05) is 43.3 Å². The average Bonchev–Trinajstić information content (AvgIpc) is 2.58. The molecule has 5 nitrogen and oxygen atoms in total. The summed E-state index contributed by atoms with van der Waals surface area (Å²) in [5, 5.41) is 9.74. The third-order valence-corrected chi connectivity index (χ3v) is 3.82. The Morgan fingerprint density at radius 1 is 1.25 bits per heavy atom. The van der Waals surface area contributed by atoms with E-state index in [4.69, 9.17) is 16.7 Å². The van der Waals surface area contributed by atoms with Crippen molar-refractivity contribution in [3.05, 3.63) is 58.7 Å². The van der Waals surface area contributed by atoms with E-state index in [9.17, 15) is 4.79 Å². The Kier molecular flexibility index (Phi) is 6.58. The van der Waals surface area contributed by atoms with Crippen LogP contribution in [-0.4, -0.2) is 48.1 Å². The highest BCUT2D eigenvalue weighted by molar-refractivity contribution is 6.30. The molecule has 0 aliphatic carbocycles. The van der Waals surface area contributed by atoms with Gasteiger partial charge in [-0.05, 0) is 36.2 Å². The van der Waals surface area contributed by atoms with Gasteiger partial charge in [-0.25, -0.2) is 4.98 Å². The number of hydrogen-bond donors (Lipinski definition) is 1. The molecule has 6 heteroatoms. The summed E-state index contributed by atoms with van der Waals surface area (Å²) in [6.07, 6.45) is 2.11. The van der Waals surface area contributed by atoms with E-state index in [1.165, 1.54) is 0 Å². The van der Waals surface area contributed by atoms with Crippen molar-refractivity contribution in [2.24, 2.45) is 0 Å². The van der Waals surface area contributed by atoms with Gasteiger partial charge in [-0.15, -0.1) is 0 Å². The number of aliphatic hydroxyl groups is 1. The van der Waals surface area contributed by atoms with E-state index in [-0.39, 0.29) is 12.5 Å². The molecule has 0 radical (unpaired) electrons. The number of anilines is 1. The van der Waals surface area contributed by atoms with Crippen LogP contribution in [0.25, 0.3) is 0 Å². The summed E-state index contributed by atoms with van der Waals surface area (Å²) in [6.45, 7) is 0.948. The van der Waals surface area contributed by atoms with Crippen LogP contribution in [0.2, 0.25) is 5.02 Å². The minimum absolute atomic E-state index is 0.0388. The van der Waals surface area contributed by atoms with E-state index in [0.717, 1.165) is 11.4 Å². The van der Waals surface area contributed by atoms with Crippen LogP contribution in [0.15, 0.2) is 42.6 Å². The van der Waals surface area contributed by atoms with Gasteiger partial charge < -0.3 is 14.9 Å². The Labute approximate surface area is 147 Å². The van der Waals surface area contributed by atoms with E-state index in [2.05, 4.69) is 4.98 Å². The number of aromatic nitrogens is 1. The zero-order chi connectivity index (χ0) is 17.5. The van der Waals surface area contributed by atoms with Gasteiger partial charge in [-0.1, -0.05) is 23.7 Å². The van der Waals surface area contributed by atoms with Crippen molar-refractivity contribution in [3.63, 3.8) is 0 Å². The maximum absolute atomic E-state index is 12.8. The van der Waals surface area contributed by atoms with Crippen molar-refractivity contribution in [1.82, 2.24) is 9.88 Å². The van der Waals surface area contributed by atoms with Crippen LogP contribution in [0.4, 0.5) is 5.82 Å². The highest BCUT2D eigenvalue weighted by Gasteiger charge is 2.16. The zero-order valence-electron chi connectivity index (χ0n) is 13.9. The topological polar surface area (TPSA) is 56.7 Å². The van der Waals surface area contributed by atoms with Crippen molar-refractivity contribution in [2.45, 2.75) is 13.0 Å². The van der Waals surface area contributed by atoms with Gasteiger partial charge in [-0.2, -0.15) is 0 Å². The van der Waals surface area contributed by atoms with E-state index < -0.39 is 0 Å². The zero-order valence-corrected chi connectivity index (χ0v) is 14.7. The summed E-state index contributed by atoms with van der Waals surface area (Å²) in [5.74, 6) is 0.685. The lowest BCUT2D eigenvalue weighted by atomic mass is 10.1. The van der Waals surface area contributed by atoms with Gasteiger partial charge >= 0.3 is 0 Å². The van der Waals surface area contributed by atoms with Crippen LogP contribution >= 0.6 is 11.6 Å². The van der Waals surface area contributed by atoms with Gasteiger partial charge in [0, 0.05) is 45.0 Å². The molecule has 0 fully saturated rings. The fourth-order valence-corrected chi connectivity index (χ4v) is 2.54. The van der Waals surface area contributed by atoms with E-state index in [0.29, 0.717) is 30.1 Å². The quantitative estimate of drug-likeness (QED) is 0.836. The summed E-state index contributed by atoms with van der Waals surface area (Å²) in [4.78, 5) is 20.7. The number of aliphatic hydroxyl groups excluding tert-OH is 1. The minimum Gasteiger partial charge on any atom is -0.396 e. The predicted molar refractivity (Wildman–Crippen MR) is 96.5 cm³/mol. The molecule has 24 heavy (non-hydrogen) atoms. The number of amides is 1. The molecule has 128 valence electrons. The first kappa shape index (κ1) is 18.2. The summed E-state index contributed by atoms with van der Waals surface area (Å²) in [7, 11) is 3.80. The summed E-state index contributed by atoms with van der Waals surface area (Å²) >= 11 is 6.02. The van der Waals surface area contributed by atoms with Gasteiger partial charge in [0.05, 0.1) is 5.56 Å². The lowest BCUT2D eigenvalue weighted by Crippen LogP contribution is -2.32. The Morgan fingerprint density at radius 3 is 2.62 bits per heavy atom. The minimum atomic E-state index is -0.110. The molecule has 1 aromatic heterocycles. The van der Waals surface area contributed by atoms with Crippen molar-refractivity contribution in [3.8, 4) is 0 Å². The Hall–Kier alpha value is -2.11. The number of rotatable bonds is 7. The molecule has 1 N–H and O–H groups in total. The number of carbonyl (C=O) groups excluding carboxylic acids is 1. The maximum atomic E-state index is 12.8. The molecule has 0 aliphatic rings. The third-order valence-electron chi connectivity index (χ3n) is 3.59. The maximum Gasteiger partial charge on any atom is 0.255 e. The third kappa shape index (κ3) is 4.94. The van der Waals surface area contributed by atoms with Crippen molar-refractivity contribution in [2.75, 3.05) is 32.1 Å². The van der Waals surface area contributed by atoms with Crippen LogP contribution in [-0.2, 0) is 6.54 Å². The van der Waals surface area contributed by atoms with Crippen molar-refractivity contribution in [1.29, 1.82) is 0 Å². The normalized spacial score (nSPS) is 10.5. The first-order valence-corrected chi connectivity index (χ1v) is 8.17. The molecule has 2 aromatic rings. The van der Waals surface area contributed by atoms with Gasteiger partial charge in [-0.3, -0.25) is 4.79 Å². The highest BCUT2D eigenvalue weighted by Crippen LogP contribution is 2.16. The fourth-order valence-electron chi connectivity index (χ4n) is 2.33. The summed E-state index contributed by atoms with van der Waals surface area (Å²) in [6, 6.07) is 11.0. The Bertz CT molecular complexity index is 674. The monoisotopic (exact) mass is 347 g/mol. The molecule has 0 atom stereocenters. The second-order valence-electron chi connectivity index (χ2n) is 5.73. The second-order valence-corrected chi connectivity index (χ2v) is 6.17. The van der Waals surface area contributed by atoms with Crippen LogP contribution in [0, 0.1) is 0 Å². The first-order valence-electron chi connectivity index (χ1n) is 7.79. The van der Waals surface area contributed by atoms with E-state index >= 15 is 0 Å². The molecule has 1 heterocycles. The van der Waals surface area contributed by atoms with Crippen molar-refractivity contribution >= 4 is 23.3 Å². The molecular weight excluding hydrogens is 326 g/mol. The molecule has 0 spiro atoms. The van der Waals surface area contributed by atoms with Crippen molar-refractivity contribution < 1.29 is 9.90 Å². The first-order chi connectivity index (χ1) is 11.5.